The minimum atomic E-state index is -0.0935. The normalized spacial score (nSPS) is 13.8. The van der Waals surface area contributed by atoms with Gasteiger partial charge in [0.1, 0.15) is 0 Å². The number of anilines is 6. The van der Waals surface area contributed by atoms with Gasteiger partial charge < -0.3 is 14.4 Å². The Morgan fingerprint density at radius 2 is 0.852 bits per heavy atom. The zero-order valence-corrected chi connectivity index (χ0v) is 30.2. The number of aromatic nitrogens is 1. The van der Waals surface area contributed by atoms with Gasteiger partial charge in [-0.25, -0.2) is 0 Å². The molecule has 0 saturated carbocycles. The van der Waals surface area contributed by atoms with Gasteiger partial charge in [-0.05, 0) is 118 Å². The smallest absolute Gasteiger partial charge is 0.0563 e. The topological polar surface area (TPSA) is 11.4 Å². The highest BCUT2D eigenvalue weighted by Gasteiger charge is 2.35. The van der Waals surface area contributed by atoms with E-state index in [1.54, 1.807) is 0 Å². The second kappa shape index (κ2) is 11.6. The first-order valence-electron chi connectivity index (χ1n) is 18.8. The van der Waals surface area contributed by atoms with E-state index in [2.05, 4.69) is 216 Å². The fraction of sp³-hybridized carbons (Fsp3) is 0.0588. The van der Waals surface area contributed by atoms with E-state index in [1.807, 2.05) is 0 Å². The summed E-state index contributed by atoms with van der Waals surface area (Å²) in [4.78, 5) is 4.92. The summed E-state index contributed by atoms with van der Waals surface area (Å²) >= 11 is 0. The van der Waals surface area contributed by atoms with Crippen LogP contribution in [0.25, 0.3) is 49.7 Å². The molecule has 0 radical (unpaired) electrons. The zero-order chi connectivity index (χ0) is 36.0. The maximum absolute atomic E-state index is 2.46. The van der Waals surface area contributed by atoms with Crippen molar-refractivity contribution in [2.24, 2.45) is 0 Å². The standard InChI is InChI=1S/C51H37N3/c1-51(2)43-23-13-12-22-41(43)42-29-28-34(32-44(42)51)35-30-39-33-40(31-35)53(37-18-8-4-9-19-37)46-25-15-27-48-50(46)49-45(52(39)36-16-6-3-7-17-36)24-14-26-47(49)54(48)38-20-10-5-11-21-38/h3-33H,1-2H3. The number of para-hydroxylation sites is 3. The molecule has 0 saturated heterocycles. The van der Waals surface area contributed by atoms with Gasteiger partial charge in [-0.3, -0.25) is 0 Å². The lowest BCUT2D eigenvalue weighted by atomic mass is 9.81. The molecule has 1 aromatic heterocycles. The van der Waals surface area contributed by atoms with Crippen LogP contribution >= 0.6 is 0 Å². The number of hydrogen-bond acceptors (Lipinski definition) is 2. The van der Waals surface area contributed by atoms with Crippen LogP contribution in [-0.2, 0) is 5.41 Å². The minimum Gasteiger partial charge on any atom is -0.310 e. The Hall–Kier alpha value is -6.84. The highest BCUT2D eigenvalue weighted by molar-refractivity contribution is 6.22. The van der Waals surface area contributed by atoms with Gasteiger partial charge in [-0.1, -0.05) is 117 Å². The fourth-order valence-corrected chi connectivity index (χ4v) is 9.21. The van der Waals surface area contributed by atoms with Crippen molar-refractivity contribution in [3.8, 4) is 27.9 Å². The number of rotatable bonds is 4. The van der Waals surface area contributed by atoms with Crippen LogP contribution in [0.15, 0.2) is 188 Å². The predicted molar refractivity (Wildman–Crippen MR) is 227 cm³/mol. The Morgan fingerprint density at radius 3 is 1.43 bits per heavy atom. The van der Waals surface area contributed by atoms with E-state index >= 15 is 0 Å². The molecule has 0 spiro atoms. The summed E-state index contributed by atoms with van der Waals surface area (Å²) in [5.41, 5.74) is 18.0. The maximum Gasteiger partial charge on any atom is 0.0563 e. The first kappa shape index (κ1) is 30.8. The summed E-state index contributed by atoms with van der Waals surface area (Å²) < 4.78 is 2.43. The molecule has 1 aliphatic heterocycles. The molecule has 11 rings (SSSR count). The summed E-state index contributed by atoms with van der Waals surface area (Å²) in [7, 11) is 0. The van der Waals surface area contributed by atoms with E-state index in [9.17, 15) is 0 Å². The number of benzene rings is 8. The van der Waals surface area contributed by atoms with Crippen LogP contribution in [-0.4, -0.2) is 4.57 Å². The van der Waals surface area contributed by atoms with Gasteiger partial charge in [-0.2, -0.15) is 0 Å². The zero-order valence-electron chi connectivity index (χ0n) is 30.2. The summed E-state index contributed by atoms with van der Waals surface area (Å²) in [5.74, 6) is 0. The molecule has 3 nitrogen and oxygen atoms in total. The summed E-state index contributed by atoms with van der Waals surface area (Å²) in [6.07, 6.45) is 0. The van der Waals surface area contributed by atoms with E-state index in [4.69, 9.17) is 0 Å². The van der Waals surface area contributed by atoms with Crippen molar-refractivity contribution in [2.45, 2.75) is 19.3 Å². The van der Waals surface area contributed by atoms with Crippen LogP contribution in [0.1, 0.15) is 25.0 Å². The number of nitrogens with zero attached hydrogens (tertiary/aromatic N) is 3. The highest BCUT2D eigenvalue weighted by Crippen LogP contribution is 2.53. The summed E-state index contributed by atoms with van der Waals surface area (Å²) in [6.45, 7) is 4.72. The highest BCUT2D eigenvalue weighted by atomic mass is 15.2. The molecular formula is C51H37N3. The molecular weight excluding hydrogens is 655 g/mol. The molecule has 3 heteroatoms. The lowest BCUT2D eigenvalue weighted by molar-refractivity contribution is 0.660. The molecule has 256 valence electrons. The molecule has 2 heterocycles. The molecule has 0 atom stereocenters. The van der Waals surface area contributed by atoms with Crippen molar-refractivity contribution in [1.29, 1.82) is 0 Å². The van der Waals surface area contributed by atoms with Crippen molar-refractivity contribution in [3.63, 3.8) is 0 Å². The largest absolute Gasteiger partial charge is 0.310 e. The van der Waals surface area contributed by atoms with E-state index in [0.717, 1.165) is 39.8 Å². The van der Waals surface area contributed by atoms with E-state index < -0.39 is 0 Å². The van der Waals surface area contributed by atoms with Crippen molar-refractivity contribution < 1.29 is 0 Å². The molecule has 2 aliphatic rings. The third-order valence-electron chi connectivity index (χ3n) is 11.6. The van der Waals surface area contributed by atoms with Crippen molar-refractivity contribution in [2.75, 3.05) is 9.80 Å². The fourth-order valence-electron chi connectivity index (χ4n) is 9.21. The lowest BCUT2D eigenvalue weighted by Gasteiger charge is -2.29. The summed E-state index contributed by atoms with van der Waals surface area (Å²) in [6, 6.07) is 69.1. The number of hydrogen-bond donors (Lipinski definition) is 0. The molecule has 2 bridgehead atoms. The SMILES string of the molecule is CC1(C)c2ccccc2-c2ccc(-c3cc4cc(c3)N(c3ccccc3)c3cccc5c3c3c(cccc3n5-c3ccccc3)N4c3ccccc3)cc21. The third-order valence-corrected chi connectivity index (χ3v) is 11.6. The quantitative estimate of drug-likeness (QED) is 0.182. The van der Waals surface area contributed by atoms with Crippen LogP contribution in [0, 0.1) is 0 Å². The van der Waals surface area contributed by atoms with Gasteiger partial charge in [0.15, 0.2) is 0 Å². The maximum atomic E-state index is 2.46. The average molecular weight is 692 g/mol. The minimum absolute atomic E-state index is 0.0935. The van der Waals surface area contributed by atoms with Crippen LogP contribution < -0.4 is 9.80 Å². The first-order valence-corrected chi connectivity index (χ1v) is 18.8. The Kier molecular flexibility index (Phi) is 6.60. The molecule has 0 fully saturated rings. The van der Waals surface area contributed by atoms with Crippen molar-refractivity contribution in [3.05, 3.63) is 199 Å². The molecule has 54 heavy (non-hydrogen) atoms. The molecule has 0 unspecified atom stereocenters. The van der Waals surface area contributed by atoms with E-state index in [-0.39, 0.29) is 5.41 Å². The van der Waals surface area contributed by atoms with E-state index in [0.29, 0.717) is 0 Å². The van der Waals surface area contributed by atoms with E-state index in [1.165, 1.54) is 55.2 Å². The lowest BCUT2D eigenvalue weighted by Crippen LogP contribution is -2.15. The molecule has 0 amide bonds. The van der Waals surface area contributed by atoms with Crippen LogP contribution in [0.4, 0.5) is 34.1 Å². The molecule has 8 aromatic carbocycles. The Balaban J connectivity index is 1.25. The van der Waals surface area contributed by atoms with Gasteiger partial charge in [0.05, 0.1) is 22.4 Å². The predicted octanol–water partition coefficient (Wildman–Crippen LogP) is 14.0. The molecule has 9 aromatic rings. The third kappa shape index (κ3) is 4.42. The van der Waals surface area contributed by atoms with Gasteiger partial charge in [-0.15, -0.1) is 0 Å². The second-order valence-electron chi connectivity index (χ2n) is 15.0. The second-order valence-corrected chi connectivity index (χ2v) is 15.0. The monoisotopic (exact) mass is 691 g/mol. The Bertz CT molecular complexity index is 2780. The van der Waals surface area contributed by atoms with Gasteiger partial charge in [0.25, 0.3) is 0 Å². The molecule has 1 aliphatic carbocycles. The van der Waals surface area contributed by atoms with Crippen LogP contribution in [0.5, 0.6) is 0 Å². The number of fused-ring (bicyclic) bond motifs is 5. The van der Waals surface area contributed by atoms with Gasteiger partial charge >= 0.3 is 0 Å². The first-order chi connectivity index (χ1) is 26.6. The Labute approximate surface area is 315 Å². The average Bonchev–Trinajstić information content (AvgIpc) is 3.69. The van der Waals surface area contributed by atoms with Crippen molar-refractivity contribution >= 4 is 55.9 Å². The summed E-state index contributed by atoms with van der Waals surface area (Å²) in [5, 5.41) is 2.44. The molecule has 0 N–H and O–H groups in total. The van der Waals surface area contributed by atoms with Crippen molar-refractivity contribution in [1.82, 2.24) is 4.57 Å². The van der Waals surface area contributed by atoms with Gasteiger partial charge in [0, 0.05) is 44.6 Å². The Morgan fingerprint density at radius 1 is 0.352 bits per heavy atom. The van der Waals surface area contributed by atoms with Crippen LogP contribution in [0.3, 0.4) is 0 Å². The van der Waals surface area contributed by atoms with Crippen LogP contribution in [0.2, 0.25) is 0 Å². The van der Waals surface area contributed by atoms with Gasteiger partial charge in [0.2, 0.25) is 0 Å².